The predicted octanol–water partition coefficient (Wildman–Crippen LogP) is 4.57. The van der Waals surface area contributed by atoms with Crippen LogP contribution in [0.5, 0.6) is 0 Å². The van der Waals surface area contributed by atoms with E-state index in [-0.39, 0.29) is 12.0 Å². The minimum atomic E-state index is -0.624. The minimum Gasteiger partial charge on any atom is -0.481 e. The van der Waals surface area contributed by atoms with E-state index >= 15 is 0 Å². The van der Waals surface area contributed by atoms with Gasteiger partial charge < -0.3 is 10.2 Å². The van der Waals surface area contributed by atoms with E-state index in [4.69, 9.17) is 0 Å². The zero-order valence-corrected chi connectivity index (χ0v) is 15.6. The first-order chi connectivity index (χ1) is 11.3. The van der Waals surface area contributed by atoms with Gasteiger partial charge in [-0.1, -0.05) is 39.3 Å². The van der Waals surface area contributed by atoms with Crippen molar-refractivity contribution in [2.75, 3.05) is 6.61 Å². The van der Waals surface area contributed by atoms with Crippen molar-refractivity contribution in [3.63, 3.8) is 0 Å². The second-order valence-corrected chi connectivity index (χ2v) is 8.90. The van der Waals surface area contributed by atoms with Crippen molar-refractivity contribution in [2.24, 2.45) is 28.6 Å². The molecule has 1 fully saturated rings. The Hall–Kier alpha value is -1.09. The van der Waals surface area contributed by atoms with Gasteiger partial charge in [0.1, 0.15) is 0 Å². The van der Waals surface area contributed by atoms with Crippen LogP contribution in [0, 0.1) is 28.6 Å². The summed E-state index contributed by atoms with van der Waals surface area (Å²) in [5.74, 6) is 0.583. The maximum atomic E-state index is 12.3. The Bertz CT molecular complexity index is 600. The van der Waals surface area contributed by atoms with Gasteiger partial charge in [-0.25, -0.2) is 0 Å². The SMILES string of the molecule is CC(C)C1=C2[C@H]3CC=C(CO)CC(C)[C@]3(C)CC[C@@]2(C(=O)O)CC1. The molecule has 3 aliphatic rings. The summed E-state index contributed by atoms with van der Waals surface area (Å²) < 4.78 is 0. The van der Waals surface area contributed by atoms with Crippen LogP contribution in [0.4, 0.5) is 0 Å². The van der Waals surface area contributed by atoms with E-state index in [1.54, 1.807) is 0 Å². The largest absolute Gasteiger partial charge is 0.481 e. The number of allylic oxidation sites excluding steroid dienone is 2. The maximum absolute atomic E-state index is 12.3. The first kappa shape index (κ1) is 17.7. The summed E-state index contributed by atoms with van der Waals surface area (Å²) in [6.45, 7) is 9.21. The lowest BCUT2D eigenvalue weighted by Gasteiger charge is -2.51. The molecule has 2 N–H and O–H groups in total. The van der Waals surface area contributed by atoms with Crippen LogP contribution in [0.1, 0.15) is 66.2 Å². The van der Waals surface area contributed by atoms with Gasteiger partial charge in [0.25, 0.3) is 0 Å². The fraction of sp³-hybridized carbons (Fsp3) is 0.762. The normalized spacial score (nSPS) is 39.3. The van der Waals surface area contributed by atoms with E-state index in [0.29, 0.717) is 17.8 Å². The van der Waals surface area contributed by atoms with Crippen molar-refractivity contribution in [3.05, 3.63) is 22.8 Å². The van der Waals surface area contributed by atoms with Crippen LogP contribution in [-0.2, 0) is 4.79 Å². The van der Waals surface area contributed by atoms with Crippen molar-refractivity contribution >= 4 is 5.97 Å². The molecule has 3 nitrogen and oxygen atoms in total. The van der Waals surface area contributed by atoms with Crippen LogP contribution in [0.15, 0.2) is 22.8 Å². The molecule has 0 spiro atoms. The fourth-order valence-corrected chi connectivity index (χ4v) is 5.76. The molecule has 24 heavy (non-hydrogen) atoms. The molecule has 0 heterocycles. The highest BCUT2D eigenvalue weighted by Crippen LogP contribution is 2.64. The van der Waals surface area contributed by atoms with Gasteiger partial charge in [-0.2, -0.15) is 0 Å². The van der Waals surface area contributed by atoms with Crippen LogP contribution < -0.4 is 0 Å². The molecule has 0 bridgehead atoms. The Morgan fingerprint density at radius 1 is 1.33 bits per heavy atom. The molecule has 1 unspecified atom stereocenters. The van der Waals surface area contributed by atoms with Crippen LogP contribution in [0.3, 0.4) is 0 Å². The van der Waals surface area contributed by atoms with Crippen molar-refractivity contribution in [1.82, 2.24) is 0 Å². The Balaban J connectivity index is 2.15. The average molecular weight is 332 g/mol. The maximum Gasteiger partial charge on any atom is 0.313 e. The number of aliphatic carboxylic acids is 1. The van der Waals surface area contributed by atoms with E-state index in [2.05, 4.69) is 33.8 Å². The van der Waals surface area contributed by atoms with E-state index in [1.165, 1.54) is 11.1 Å². The fourth-order valence-electron chi connectivity index (χ4n) is 5.76. The van der Waals surface area contributed by atoms with Gasteiger partial charge in [-0.15, -0.1) is 0 Å². The van der Waals surface area contributed by atoms with Gasteiger partial charge in [0, 0.05) is 0 Å². The molecule has 1 saturated carbocycles. The van der Waals surface area contributed by atoms with Crippen molar-refractivity contribution in [1.29, 1.82) is 0 Å². The van der Waals surface area contributed by atoms with Gasteiger partial charge in [0.15, 0.2) is 0 Å². The third-order valence-corrected chi connectivity index (χ3v) is 7.56. The van der Waals surface area contributed by atoms with Crippen molar-refractivity contribution < 1.29 is 15.0 Å². The Kier molecular flexibility index (Phi) is 4.44. The number of fused-ring (bicyclic) bond motifs is 3. The molecule has 0 aromatic rings. The summed E-state index contributed by atoms with van der Waals surface area (Å²) in [6, 6.07) is 0. The van der Waals surface area contributed by atoms with Gasteiger partial charge in [0.2, 0.25) is 0 Å². The van der Waals surface area contributed by atoms with Crippen molar-refractivity contribution in [3.8, 4) is 0 Å². The number of carbonyl (C=O) groups is 1. The lowest BCUT2D eigenvalue weighted by Crippen LogP contribution is -2.47. The predicted molar refractivity (Wildman–Crippen MR) is 95.6 cm³/mol. The molecule has 0 aromatic heterocycles. The Morgan fingerprint density at radius 2 is 2.04 bits per heavy atom. The number of aliphatic hydroxyl groups is 1. The lowest BCUT2D eigenvalue weighted by molar-refractivity contribution is -0.150. The molecular formula is C21H32O3. The minimum absolute atomic E-state index is 0.131. The Morgan fingerprint density at radius 3 is 2.62 bits per heavy atom. The number of carboxylic acids is 1. The first-order valence-electron chi connectivity index (χ1n) is 9.52. The standard InChI is InChI=1S/C21H32O3/c1-13(2)16-7-8-21(19(23)24)10-9-20(4)14(3)11-15(12-22)5-6-17(20)18(16)21/h5,13-14,17,22H,6-12H2,1-4H3,(H,23,24)/t14?,17-,20+,21+/m1/s1. The number of rotatable bonds is 3. The molecule has 3 aliphatic carbocycles. The number of hydrogen-bond acceptors (Lipinski definition) is 2. The number of carboxylic acid groups (broad SMARTS) is 1. The van der Waals surface area contributed by atoms with Crippen LogP contribution in [0.25, 0.3) is 0 Å². The average Bonchev–Trinajstić information content (AvgIpc) is 2.88. The number of hydrogen-bond donors (Lipinski definition) is 2. The zero-order valence-electron chi connectivity index (χ0n) is 15.6. The topological polar surface area (TPSA) is 57.5 Å². The lowest BCUT2D eigenvalue weighted by atomic mass is 9.52. The van der Waals surface area contributed by atoms with E-state index in [1.807, 2.05) is 0 Å². The Labute approximate surface area is 145 Å². The van der Waals surface area contributed by atoms with Crippen molar-refractivity contribution in [2.45, 2.75) is 66.2 Å². The first-order valence-corrected chi connectivity index (χ1v) is 9.52. The summed E-state index contributed by atoms with van der Waals surface area (Å²) in [7, 11) is 0. The second kappa shape index (κ2) is 6.01. The third kappa shape index (κ3) is 2.39. The number of aliphatic hydroxyl groups excluding tert-OH is 1. The molecule has 4 atom stereocenters. The van der Waals surface area contributed by atoms with Crippen LogP contribution in [-0.4, -0.2) is 22.8 Å². The summed E-state index contributed by atoms with van der Waals surface area (Å²) in [6.07, 6.45) is 7.50. The molecule has 0 saturated heterocycles. The summed E-state index contributed by atoms with van der Waals surface area (Å²) in [5, 5.41) is 19.8. The molecule has 0 aliphatic heterocycles. The van der Waals surface area contributed by atoms with Gasteiger partial charge in [0.05, 0.1) is 12.0 Å². The summed E-state index contributed by atoms with van der Waals surface area (Å²) in [5.41, 5.74) is 3.30. The van der Waals surface area contributed by atoms with Gasteiger partial charge in [-0.05, 0) is 72.8 Å². The zero-order chi connectivity index (χ0) is 17.7. The second-order valence-electron chi connectivity index (χ2n) is 8.90. The third-order valence-electron chi connectivity index (χ3n) is 7.56. The highest BCUT2D eigenvalue weighted by atomic mass is 16.4. The van der Waals surface area contributed by atoms with E-state index < -0.39 is 11.4 Å². The molecule has 3 heteroatoms. The van der Waals surface area contributed by atoms with Gasteiger partial charge in [-0.3, -0.25) is 4.79 Å². The molecular weight excluding hydrogens is 300 g/mol. The van der Waals surface area contributed by atoms with Crippen LogP contribution in [0.2, 0.25) is 0 Å². The molecule has 0 amide bonds. The smallest absolute Gasteiger partial charge is 0.313 e. The van der Waals surface area contributed by atoms with Crippen LogP contribution >= 0.6 is 0 Å². The molecule has 134 valence electrons. The quantitative estimate of drug-likeness (QED) is 0.744. The summed E-state index contributed by atoms with van der Waals surface area (Å²) >= 11 is 0. The molecule has 0 aromatic carbocycles. The highest BCUT2D eigenvalue weighted by Gasteiger charge is 2.58. The summed E-state index contributed by atoms with van der Waals surface area (Å²) in [4.78, 5) is 12.3. The molecule has 3 rings (SSSR count). The van der Waals surface area contributed by atoms with E-state index in [9.17, 15) is 15.0 Å². The van der Waals surface area contributed by atoms with Gasteiger partial charge >= 0.3 is 5.97 Å². The molecule has 0 radical (unpaired) electrons. The monoisotopic (exact) mass is 332 g/mol. The van der Waals surface area contributed by atoms with E-state index in [0.717, 1.165) is 44.1 Å². The highest BCUT2D eigenvalue weighted by molar-refractivity contribution is 5.80.